The quantitative estimate of drug-likeness (QED) is 0.786. The Kier molecular flexibility index (Phi) is 5.40. The van der Waals surface area contributed by atoms with Crippen LogP contribution in [0.2, 0.25) is 0 Å². The molecule has 108 valence electrons. The number of rotatable bonds is 8. The Labute approximate surface area is 115 Å². The van der Waals surface area contributed by atoms with Gasteiger partial charge in [-0.3, -0.25) is 0 Å². The van der Waals surface area contributed by atoms with Gasteiger partial charge in [0.2, 0.25) is 0 Å². The van der Waals surface area contributed by atoms with Crippen molar-refractivity contribution >= 4 is 0 Å². The molecule has 1 aromatic heterocycles. The molecule has 4 heteroatoms. The van der Waals surface area contributed by atoms with Gasteiger partial charge in [-0.25, -0.2) is 4.98 Å². The van der Waals surface area contributed by atoms with Gasteiger partial charge in [0, 0.05) is 32.0 Å². The third kappa shape index (κ3) is 4.05. The van der Waals surface area contributed by atoms with E-state index >= 15 is 0 Å². The minimum Gasteiger partial charge on any atom is -0.393 e. The van der Waals surface area contributed by atoms with Gasteiger partial charge < -0.3 is 14.4 Å². The first-order valence-electron chi connectivity index (χ1n) is 7.52. The van der Waals surface area contributed by atoms with Gasteiger partial charge in [0.1, 0.15) is 5.82 Å². The highest BCUT2D eigenvalue weighted by atomic mass is 16.5. The molecule has 0 aromatic carbocycles. The molecule has 1 aliphatic rings. The highest BCUT2D eigenvalue weighted by Gasteiger charge is 2.31. The molecule has 0 radical (unpaired) electrons. The lowest BCUT2D eigenvalue weighted by molar-refractivity contribution is -0.0377. The van der Waals surface area contributed by atoms with Gasteiger partial charge in [-0.2, -0.15) is 0 Å². The van der Waals surface area contributed by atoms with Crippen LogP contribution in [0, 0.1) is 5.92 Å². The standard InChI is InChI=1S/C15H26N2O2/c1-3-6-17-7-5-16-15(17)11-13(18)8-12-9-14(10-12)19-4-2/h5,7,12-14,18H,3-4,6,8-11H2,1-2H3. The summed E-state index contributed by atoms with van der Waals surface area (Å²) in [6.45, 7) is 5.98. The van der Waals surface area contributed by atoms with Gasteiger partial charge in [0.15, 0.2) is 0 Å². The number of aryl methyl sites for hydroxylation is 1. The number of hydrogen-bond acceptors (Lipinski definition) is 3. The Balaban J connectivity index is 1.72. The Hall–Kier alpha value is -0.870. The molecule has 2 rings (SSSR count). The second-order valence-electron chi connectivity index (χ2n) is 5.55. The van der Waals surface area contributed by atoms with E-state index in [2.05, 4.69) is 16.5 Å². The van der Waals surface area contributed by atoms with Gasteiger partial charge in [-0.1, -0.05) is 6.92 Å². The van der Waals surface area contributed by atoms with Crippen molar-refractivity contribution in [3.8, 4) is 0 Å². The Morgan fingerprint density at radius 1 is 1.47 bits per heavy atom. The maximum Gasteiger partial charge on any atom is 0.111 e. The lowest BCUT2D eigenvalue weighted by Crippen LogP contribution is -2.34. The summed E-state index contributed by atoms with van der Waals surface area (Å²) in [6, 6.07) is 0. The molecule has 0 saturated heterocycles. The molecule has 0 amide bonds. The summed E-state index contributed by atoms with van der Waals surface area (Å²) in [7, 11) is 0. The van der Waals surface area contributed by atoms with Crippen LogP contribution in [0.3, 0.4) is 0 Å². The third-order valence-corrected chi connectivity index (χ3v) is 3.88. The molecule has 1 fully saturated rings. The van der Waals surface area contributed by atoms with E-state index in [1.54, 1.807) is 0 Å². The summed E-state index contributed by atoms with van der Waals surface area (Å²) in [5, 5.41) is 10.2. The monoisotopic (exact) mass is 266 g/mol. The second kappa shape index (κ2) is 7.06. The summed E-state index contributed by atoms with van der Waals surface area (Å²) in [4.78, 5) is 4.35. The molecule has 1 unspecified atom stereocenters. The number of hydrogen-bond donors (Lipinski definition) is 1. The van der Waals surface area contributed by atoms with E-state index in [9.17, 15) is 5.11 Å². The zero-order chi connectivity index (χ0) is 13.7. The van der Waals surface area contributed by atoms with Crippen LogP contribution in [0.1, 0.15) is 45.4 Å². The minimum absolute atomic E-state index is 0.273. The Morgan fingerprint density at radius 2 is 2.26 bits per heavy atom. The van der Waals surface area contributed by atoms with Gasteiger partial charge in [0.25, 0.3) is 0 Å². The van der Waals surface area contributed by atoms with Crippen LogP contribution in [0.4, 0.5) is 0 Å². The normalized spacial score (nSPS) is 24.2. The van der Waals surface area contributed by atoms with Gasteiger partial charge >= 0.3 is 0 Å². The number of imidazole rings is 1. The van der Waals surface area contributed by atoms with Crippen molar-refractivity contribution in [3.63, 3.8) is 0 Å². The van der Waals surface area contributed by atoms with Crippen LogP contribution in [0.25, 0.3) is 0 Å². The number of aromatic nitrogens is 2. The van der Waals surface area contributed by atoms with Crippen LogP contribution in [-0.2, 0) is 17.7 Å². The molecule has 0 bridgehead atoms. The highest BCUT2D eigenvalue weighted by Crippen LogP contribution is 2.33. The zero-order valence-corrected chi connectivity index (χ0v) is 12.1. The van der Waals surface area contributed by atoms with E-state index < -0.39 is 0 Å². The molecule has 1 atom stereocenters. The first kappa shape index (κ1) is 14.5. The van der Waals surface area contributed by atoms with E-state index in [1.165, 1.54) is 0 Å². The fourth-order valence-corrected chi connectivity index (χ4v) is 2.89. The van der Waals surface area contributed by atoms with E-state index in [0.717, 1.165) is 44.7 Å². The zero-order valence-electron chi connectivity index (χ0n) is 12.1. The molecule has 0 aliphatic heterocycles. The van der Waals surface area contributed by atoms with Gasteiger partial charge in [-0.15, -0.1) is 0 Å². The van der Waals surface area contributed by atoms with Crippen LogP contribution < -0.4 is 0 Å². The average Bonchev–Trinajstić information content (AvgIpc) is 2.74. The molecule has 1 aromatic rings. The topological polar surface area (TPSA) is 47.3 Å². The number of aliphatic hydroxyl groups is 1. The fraction of sp³-hybridized carbons (Fsp3) is 0.800. The SMILES string of the molecule is CCCn1ccnc1CC(O)CC1CC(OCC)C1. The largest absolute Gasteiger partial charge is 0.393 e. The Bertz CT molecular complexity index is 372. The molecular formula is C15H26N2O2. The van der Waals surface area contributed by atoms with E-state index in [0.29, 0.717) is 18.4 Å². The molecule has 1 N–H and O–H groups in total. The van der Waals surface area contributed by atoms with Crippen molar-refractivity contribution in [2.24, 2.45) is 5.92 Å². The smallest absolute Gasteiger partial charge is 0.111 e. The summed E-state index contributed by atoms with van der Waals surface area (Å²) in [6.07, 6.45) is 8.84. The second-order valence-corrected chi connectivity index (χ2v) is 5.55. The lowest BCUT2D eigenvalue weighted by atomic mass is 9.78. The van der Waals surface area contributed by atoms with Crippen molar-refractivity contribution in [1.29, 1.82) is 0 Å². The summed E-state index contributed by atoms with van der Waals surface area (Å²) < 4.78 is 7.69. The van der Waals surface area contributed by atoms with Gasteiger partial charge in [-0.05, 0) is 38.5 Å². The van der Waals surface area contributed by atoms with Crippen LogP contribution >= 0.6 is 0 Å². The molecule has 1 saturated carbocycles. The maximum atomic E-state index is 10.2. The molecule has 4 nitrogen and oxygen atoms in total. The summed E-state index contributed by atoms with van der Waals surface area (Å²) >= 11 is 0. The number of aliphatic hydroxyl groups excluding tert-OH is 1. The fourth-order valence-electron chi connectivity index (χ4n) is 2.89. The first-order valence-corrected chi connectivity index (χ1v) is 7.52. The predicted octanol–water partition coefficient (Wildman–Crippen LogP) is 2.40. The summed E-state index contributed by atoms with van der Waals surface area (Å²) in [5.41, 5.74) is 0. The molecule has 0 spiro atoms. The molecule has 1 aliphatic carbocycles. The van der Waals surface area contributed by atoms with E-state index in [-0.39, 0.29) is 6.10 Å². The summed E-state index contributed by atoms with van der Waals surface area (Å²) in [5.74, 6) is 1.64. The van der Waals surface area contributed by atoms with Crippen molar-refractivity contribution in [2.45, 2.75) is 64.7 Å². The van der Waals surface area contributed by atoms with Crippen molar-refractivity contribution < 1.29 is 9.84 Å². The minimum atomic E-state index is -0.273. The van der Waals surface area contributed by atoms with Crippen molar-refractivity contribution in [1.82, 2.24) is 9.55 Å². The van der Waals surface area contributed by atoms with Crippen LogP contribution in [0.15, 0.2) is 12.4 Å². The van der Waals surface area contributed by atoms with Crippen LogP contribution in [0.5, 0.6) is 0 Å². The predicted molar refractivity (Wildman–Crippen MR) is 75.0 cm³/mol. The third-order valence-electron chi connectivity index (χ3n) is 3.88. The van der Waals surface area contributed by atoms with Crippen LogP contribution in [-0.4, -0.2) is 33.5 Å². The van der Waals surface area contributed by atoms with Crippen molar-refractivity contribution in [3.05, 3.63) is 18.2 Å². The molecular weight excluding hydrogens is 240 g/mol. The van der Waals surface area contributed by atoms with Crippen molar-refractivity contribution in [2.75, 3.05) is 6.61 Å². The first-order chi connectivity index (χ1) is 9.22. The molecule has 1 heterocycles. The molecule has 19 heavy (non-hydrogen) atoms. The maximum absolute atomic E-state index is 10.2. The van der Waals surface area contributed by atoms with Gasteiger partial charge in [0.05, 0.1) is 12.2 Å². The highest BCUT2D eigenvalue weighted by molar-refractivity contribution is 4.95. The average molecular weight is 266 g/mol. The lowest BCUT2D eigenvalue weighted by Gasteiger charge is -2.36. The van der Waals surface area contributed by atoms with E-state index in [1.807, 2.05) is 19.3 Å². The number of nitrogens with zero attached hydrogens (tertiary/aromatic N) is 2. The Morgan fingerprint density at radius 3 is 2.95 bits per heavy atom. The van der Waals surface area contributed by atoms with E-state index in [4.69, 9.17) is 4.74 Å². The number of ether oxygens (including phenoxy) is 1.